The van der Waals surface area contributed by atoms with Crippen molar-refractivity contribution in [3.8, 4) is 0 Å². The summed E-state index contributed by atoms with van der Waals surface area (Å²) in [6.07, 6.45) is 5.49. The number of esters is 1. The Labute approximate surface area is 151 Å². The van der Waals surface area contributed by atoms with Gasteiger partial charge in [0.2, 0.25) is 0 Å². The van der Waals surface area contributed by atoms with Crippen molar-refractivity contribution < 1.29 is 19.1 Å². The Kier molecular flexibility index (Phi) is 5.80. The number of ether oxygens (including phenoxy) is 2. The molecule has 0 radical (unpaired) electrons. The Hall–Kier alpha value is -2.93. The molecule has 1 aliphatic rings. The predicted octanol–water partition coefficient (Wildman–Crippen LogP) is 2.71. The summed E-state index contributed by atoms with van der Waals surface area (Å²) in [6, 6.07) is 8.31. The Balaban J connectivity index is 1.64. The van der Waals surface area contributed by atoms with Crippen LogP contribution in [0.4, 0.5) is 11.4 Å². The SMILES string of the molecule is COC(=O)c1cccc(NC(=O)c2cncc(NCC3CCCO3)c2)c1. The van der Waals surface area contributed by atoms with Crippen LogP contribution in [0, 0.1) is 0 Å². The number of carbonyl (C=O) groups excluding carboxylic acids is 2. The van der Waals surface area contributed by atoms with Crippen LogP contribution in [0.1, 0.15) is 33.6 Å². The normalized spacial score (nSPS) is 16.1. The molecular weight excluding hydrogens is 334 g/mol. The number of nitrogens with zero attached hydrogens (tertiary/aromatic N) is 1. The van der Waals surface area contributed by atoms with E-state index in [4.69, 9.17) is 4.74 Å². The third-order valence-corrected chi connectivity index (χ3v) is 4.10. The molecule has 0 saturated carbocycles. The third kappa shape index (κ3) is 4.58. The fraction of sp³-hybridized carbons (Fsp3) is 0.316. The average Bonchev–Trinajstić information content (AvgIpc) is 3.20. The maximum atomic E-state index is 12.5. The number of anilines is 2. The van der Waals surface area contributed by atoms with E-state index >= 15 is 0 Å². The molecule has 1 amide bonds. The topological polar surface area (TPSA) is 89.5 Å². The highest BCUT2D eigenvalue weighted by atomic mass is 16.5. The monoisotopic (exact) mass is 355 g/mol. The number of nitrogens with one attached hydrogen (secondary N) is 2. The minimum absolute atomic E-state index is 0.202. The second-order valence-electron chi connectivity index (χ2n) is 6.00. The Morgan fingerprint density at radius 1 is 1.23 bits per heavy atom. The quantitative estimate of drug-likeness (QED) is 0.775. The van der Waals surface area contributed by atoms with Crippen LogP contribution >= 0.6 is 0 Å². The highest BCUT2D eigenvalue weighted by Gasteiger charge is 2.15. The largest absolute Gasteiger partial charge is 0.465 e. The molecule has 3 rings (SSSR count). The molecule has 1 aromatic carbocycles. The fourth-order valence-electron chi connectivity index (χ4n) is 2.74. The van der Waals surface area contributed by atoms with Gasteiger partial charge in [-0.25, -0.2) is 4.79 Å². The van der Waals surface area contributed by atoms with Crippen LogP contribution in [0.2, 0.25) is 0 Å². The molecular formula is C19H21N3O4. The first kappa shape index (κ1) is 17.9. The van der Waals surface area contributed by atoms with Gasteiger partial charge in [-0.2, -0.15) is 0 Å². The van der Waals surface area contributed by atoms with E-state index in [1.165, 1.54) is 13.3 Å². The molecule has 1 aliphatic heterocycles. The van der Waals surface area contributed by atoms with Crippen molar-refractivity contribution >= 4 is 23.3 Å². The van der Waals surface area contributed by atoms with Crippen LogP contribution in [-0.4, -0.2) is 43.2 Å². The molecule has 26 heavy (non-hydrogen) atoms. The summed E-state index contributed by atoms with van der Waals surface area (Å²) in [7, 11) is 1.31. The minimum atomic E-state index is -0.455. The Bertz CT molecular complexity index is 788. The molecule has 0 aliphatic carbocycles. The summed E-state index contributed by atoms with van der Waals surface area (Å²) in [6.45, 7) is 1.49. The van der Waals surface area contributed by atoms with E-state index in [0.717, 1.165) is 25.1 Å². The molecule has 2 aromatic rings. The number of carbonyl (C=O) groups is 2. The van der Waals surface area contributed by atoms with E-state index in [-0.39, 0.29) is 12.0 Å². The number of amides is 1. The first-order valence-corrected chi connectivity index (χ1v) is 8.46. The molecule has 1 unspecified atom stereocenters. The molecule has 1 saturated heterocycles. The maximum Gasteiger partial charge on any atom is 0.337 e. The van der Waals surface area contributed by atoms with Gasteiger partial charge in [0.05, 0.1) is 30.0 Å². The number of benzene rings is 1. The van der Waals surface area contributed by atoms with Crippen molar-refractivity contribution in [2.75, 3.05) is 30.9 Å². The highest BCUT2D eigenvalue weighted by Crippen LogP contribution is 2.16. The summed E-state index contributed by atoms with van der Waals surface area (Å²) in [5, 5.41) is 6.01. The van der Waals surface area contributed by atoms with Gasteiger partial charge in [0.1, 0.15) is 0 Å². The number of aromatic nitrogens is 1. The second kappa shape index (κ2) is 8.44. The second-order valence-corrected chi connectivity index (χ2v) is 6.00. The molecule has 7 heteroatoms. The van der Waals surface area contributed by atoms with Gasteiger partial charge < -0.3 is 20.1 Å². The van der Waals surface area contributed by atoms with Crippen LogP contribution in [0.3, 0.4) is 0 Å². The molecule has 0 spiro atoms. The van der Waals surface area contributed by atoms with Crippen LogP contribution in [0.25, 0.3) is 0 Å². The molecule has 0 bridgehead atoms. The molecule has 2 heterocycles. The van der Waals surface area contributed by atoms with Gasteiger partial charge >= 0.3 is 5.97 Å². The lowest BCUT2D eigenvalue weighted by Gasteiger charge is -2.12. The Morgan fingerprint density at radius 3 is 2.85 bits per heavy atom. The van der Waals surface area contributed by atoms with Crippen molar-refractivity contribution in [1.29, 1.82) is 0 Å². The van der Waals surface area contributed by atoms with Crippen molar-refractivity contribution in [3.63, 3.8) is 0 Å². The maximum absolute atomic E-state index is 12.5. The molecule has 2 N–H and O–H groups in total. The van der Waals surface area contributed by atoms with Gasteiger partial charge in [-0.1, -0.05) is 6.07 Å². The average molecular weight is 355 g/mol. The van der Waals surface area contributed by atoms with E-state index in [0.29, 0.717) is 23.4 Å². The first-order valence-electron chi connectivity index (χ1n) is 8.46. The lowest BCUT2D eigenvalue weighted by atomic mass is 10.2. The molecule has 1 aromatic heterocycles. The van der Waals surface area contributed by atoms with Crippen molar-refractivity contribution in [3.05, 3.63) is 53.9 Å². The zero-order valence-electron chi connectivity index (χ0n) is 14.5. The van der Waals surface area contributed by atoms with Crippen molar-refractivity contribution in [1.82, 2.24) is 4.98 Å². The van der Waals surface area contributed by atoms with Crippen LogP contribution in [-0.2, 0) is 9.47 Å². The summed E-state index contributed by atoms with van der Waals surface area (Å²) < 4.78 is 10.3. The Morgan fingerprint density at radius 2 is 2.08 bits per heavy atom. The van der Waals surface area contributed by atoms with Gasteiger partial charge in [0.15, 0.2) is 0 Å². The standard InChI is InChI=1S/C19H21N3O4/c1-25-19(24)13-4-2-5-15(8-13)22-18(23)14-9-16(11-20-10-14)21-12-17-6-3-7-26-17/h2,4-5,8-11,17,21H,3,6-7,12H2,1H3,(H,22,23). The van der Waals surface area contributed by atoms with Crippen LogP contribution < -0.4 is 10.6 Å². The number of hydrogen-bond acceptors (Lipinski definition) is 6. The van der Waals surface area contributed by atoms with Gasteiger partial charge in [-0.05, 0) is 37.1 Å². The lowest BCUT2D eigenvalue weighted by molar-refractivity contribution is 0.0600. The third-order valence-electron chi connectivity index (χ3n) is 4.10. The highest BCUT2D eigenvalue weighted by molar-refractivity contribution is 6.05. The van der Waals surface area contributed by atoms with Gasteiger partial charge in [0, 0.05) is 31.2 Å². The van der Waals surface area contributed by atoms with E-state index < -0.39 is 5.97 Å². The van der Waals surface area contributed by atoms with Crippen LogP contribution in [0.5, 0.6) is 0 Å². The number of pyridine rings is 1. The number of methoxy groups -OCH3 is 1. The van der Waals surface area contributed by atoms with E-state index in [1.807, 2.05) is 0 Å². The molecule has 136 valence electrons. The van der Waals surface area contributed by atoms with Gasteiger partial charge in [-0.3, -0.25) is 9.78 Å². The number of hydrogen-bond donors (Lipinski definition) is 2. The van der Waals surface area contributed by atoms with Crippen molar-refractivity contribution in [2.24, 2.45) is 0 Å². The fourth-order valence-corrected chi connectivity index (χ4v) is 2.74. The van der Waals surface area contributed by atoms with E-state index in [1.54, 1.807) is 36.5 Å². The summed E-state index contributed by atoms with van der Waals surface area (Å²) in [4.78, 5) is 28.2. The van der Waals surface area contributed by atoms with Crippen LogP contribution in [0.15, 0.2) is 42.7 Å². The smallest absolute Gasteiger partial charge is 0.337 e. The minimum Gasteiger partial charge on any atom is -0.465 e. The summed E-state index contributed by atoms with van der Waals surface area (Å²) in [5.74, 6) is -0.761. The lowest BCUT2D eigenvalue weighted by Crippen LogP contribution is -2.19. The zero-order chi connectivity index (χ0) is 18.4. The molecule has 1 fully saturated rings. The van der Waals surface area contributed by atoms with E-state index in [2.05, 4.69) is 20.4 Å². The van der Waals surface area contributed by atoms with Gasteiger partial charge in [0.25, 0.3) is 5.91 Å². The van der Waals surface area contributed by atoms with Crippen molar-refractivity contribution in [2.45, 2.75) is 18.9 Å². The van der Waals surface area contributed by atoms with E-state index in [9.17, 15) is 9.59 Å². The molecule has 1 atom stereocenters. The summed E-state index contributed by atoms with van der Waals surface area (Å²) >= 11 is 0. The molecule has 7 nitrogen and oxygen atoms in total. The van der Waals surface area contributed by atoms with Gasteiger partial charge in [-0.15, -0.1) is 0 Å². The number of rotatable bonds is 6. The summed E-state index contributed by atoms with van der Waals surface area (Å²) in [5.41, 5.74) is 2.06. The predicted molar refractivity (Wildman–Crippen MR) is 97.4 cm³/mol. The zero-order valence-corrected chi connectivity index (χ0v) is 14.5. The first-order chi connectivity index (χ1) is 12.7.